The topological polar surface area (TPSA) is 117 Å². The molecule has 29 heavy (non-hydrogen) atoms. The highest BCUT2D eigenvalue weighted by molar-refractivity contribution is 6.74. The minimum atomic E-state index is -1.95. The molecule has 9 nitrogen and oxygen atoms in total. The van der Waals surface area contributed by atoms with Gasteiger partial charge in [-0.25, -0.2) is 4.98 Å². The molecule has 0 bridgehead atoms. The van der Waals surface area contributed by atoms with E-state index in [4.69, 9.17) is 26.1 Å². The first-order valence-corrected chi connectivity index (χ1v) is 12.5. The summed E-state index contributed by atoms with van der Waals surface area (Å²) >= 11 is 0. The minimum Gasteiger partial charge on any atom is -0.414 e. The molecule has 3 heterocycles. The highest BCUT2D eigenvalue weighted by Crippen LogP contribution is 2.38. The Hall–Kier alpha value is -2.19. The molecule has 3 N–H and O–H groups in total. The van der Waals surface area contributed by atoms with Gasteiger partial charge in [-0.3, -0.25) is 14.3 Å². The van der Waals surface area contributed by atoms with Gasteiger partial charge in [-0.1, -0.05) is 26.7 Å². The molecular weight excluding hydrogens is 390 g/mol. The molecule has 1 fully saturated rings. The molecule has 0 unspecified atom stereocenters. The van der Waals surface area contributed by atoms with E-state index in [2.05, 4.69) is 54.7 Å². The van der Waals surface area contributed by atoms with Gasteiger partial charge in [0, 0.05) is 6.42 Å². The van der Waals surface area contributed by atoms with Crippen molar-refractivity contribution in [2.24, 2.45) is 0 Å². The van der Waals surface area contributed by atoms with E-state index in [1.807, 2.05) is 0 Å². The number of ether oxygens (including phenoxy) is 2. The standard InChI is InChI=1S/C19H29N5O4Si/c1-7-8-26-12-9-14(28-13(12)10-27-29(5,6)19(2,3)4)24-11-21-15-16(24)22-18(20)23-17(15)25/h1,11-14H,8-10H2,2-6H3,(H3,20,22,23,25)/t12-,13-,14-/m1/s1. The maximum Gasteiger partial charge on any atom is 0.280 e. The molecule has 0 aliphatic carbocycles. The van der Waals surface area contributed by atoms with Crippen LogP contribution in [0.25, 0.3) is 11.2 Å². The molecule has 2 aromatic rings. The molecule has 0 spiro atoms. The van der Waals surface area contributed by atoms with Crippen LogP contribution in [0, 0.1) is 12.3 Å². The molecule has 10 heteroatoms. The molecule has 1 saturated heterocycles. The van der Waals surface area contributed by atoms with Crippen molar-refractivity contribution in [1.29, 1.82) is 0 Å². The van der Waals surface area contributed by atoms with Crippen LogP contribution in [0.1, 0.15) is 33.4 Å². The van der Waals surface area contributed by atoms with E-state index >= 15 is 0 Å². The Morgan fingerprint density at radius 1 is 1.48 bits per heavy atom. The number of nitrogens with one attached hydrogen (secondary N) is 1. The number of nitrogen functional groups attached to an aromatic ring is 1. The van der Waals surface area contributed by atoms with Gasteiger partial charge in [-0.05, 0) is 18.1 Å². The zero-order valence-corrected chi connectivity index (χ0v) is 18.6. The third kappa shape index (κ3) is 4.38. The SMILES string of the molecule is C#CCO[C@@H]1C[C@H](n2cnc3c(=O)[nH]c(N)nc32)O[C@@H]1CO[Si](C)(C)C(C)(C)C. The summed E-state index contributed by atoms with van der Waals surface area (Å²) in [5.41, 5.74) is 5.90. The summed E-state index contributed by atoms with van der Waals surface area (Å²) in [6.07, 6.45) is 6.50. The second kappa shape index (κ2) is 7.91. The number of fused-ring (bicyclic) bond motifs is 1. The van der Waals surface area contributed by atoms with Crippen molar-refractivity contribution in [2.45, 2.75) is 63.8 Å². The summed E-state index contributed by atoms with van der Waals surface area (Å²) in [4.78, 5) is 22.9. The maximum absolute atomic E-state index is 12.1. The lowest BCUT2D eigenvalue weighted by molar-refractivity contribution is -0.0529. The molecule has 158 valence electrons. The number of anilines is 1. The lowest BCUT2D eigenvalue weighted by atomic mass is 10.2. The van der Waals surface area contributed by atoms with Gasteiger partial charge in [0.1, 0.15) is 18.9 Å². The van der Waals surface area contributed by atoms with E-state index in [1.165, 1.54) is 6.33 Å². The van der Waals surface area contributed by atoms with Gasteiger partial charge in [0.2, 0.25) is 5.95 Å². The maximum atomic E-state index is 12.1. The molecule has 0 radical (unpaired) electrons. The molecule has 0 aromatic carbocycles. The van der Waals surface area contributed by atoms with Crippen molar-refractivity contribution in [2.75, 3.05) is 18.9 Å². The van der Waals surface area contributed by atoms with E-state index < -0.39 is 14.5 Å². The Kier molecular flexibility index (Phi) is 5.87. The fourth-order valence-electron chi connectivity index (χ4n) is 3.01. The number of aromatic nitrogens is 4. The monoisotopic (exact) mass is 419 g/mol. The van der Waals surface area contributed by atoms with E-state index in [0.717, 1.165) is 0 Å². The highest BCUT2D eigenvalue weighted by Gasteiger charge is 2.42. The summed E-state index contributed by atoms with van der Waals surface area (Å²) in [5, 5.41) is 0.0865. The number of hydrogen-bond acceptors (Lipinski definition) is 7. The number of imidazole rings is 1. The average Bonchev–Trinajstić information content (AvgIpc) is 3.21. The molecule has 3 atom stereocenters. The van der Waals surface area contributed by atoms with Crippen LogP contribution >= 0.6 is 0 Å². The number of nitrogens with zero attached hydrogens (tertiary/aromatic N) is 3. The Bertz CT molecular complexity index is 972. The first kappa shape index (κ1) is 21.5. The zero-order chi connectivity index (χ0) is 21.4. The normalized spacial score (nSPS) is 22.8. The number of H-pyrrole nitrogens is 1. The van der Waals surface area contributed by atoms with Crippen LogP contribution < -0.4 is 11.3 Å². The quantitative estimate of drug-likeness (QED) is 0.543. The summed E-state index contributed by atoms with van der Waals surface area (Å²) in [6, 6.07) is 0. The van der Waals surface area contributed by atoms with Gasteiger partial charge in [0.15, 0.2) is 19.5 Å². The first-order chi connectivity index (χ1) is 13.5. The molecule has 3 rings (SSSR count). The van der Waals surface area contributed by atoms with Crippen molar-refractivity contribution in [3.05, 3.63) is 16.7 Å². The van der Waals surface area contributed by atoms with Crippen molar-refractivity contribution in [3.8, 4) is 12.3 Å². The molecule has 0 amide bonds. The Balaban J connectivity index is 1.82. The predicted octanol–water partition coefficient (Wildman–Crippen LogP) is 2.03. The average molecular weight is 420 g/mol. The van der Waals surface area contributed by atoms with E-state index in [9.17, 15) is 4.79 Å². The van der Waals surface area contributed by atoms with Gasteiger partial charge in [0.25, 0.3) is 5.56 Å². The van der Waals surface area contributed by atoms with Gasteiger partial charge in [0.05, 0.1) is 19.0 Å². The van der Waals surface area contributed by atoms with Crippen LogP contribution in [0.2, 0.25) is 18.1 Å². The number of nitrogens with two attached hydrogens (primary N) is 1. The largest absolute Gasteiger partial charge is 0.414 e. The molecule has 2 aromatic heterocycles. The third-order valence-corrected chi connectivity index (χ3v) is 10.2. The number of aromatic amines is 1. The number of terminal acetylenes is 1. The van der Waals surface area contributed by atoms with Crippen molar-refractivity contribution in [1.82, 2.24) is 19.5 Å². The van der Waals surface area contributed by atoms with Gasteiger partial charge in [-0.15, -0.1) is 6.42 Å². The van der Waals surface area contributed by atoms with Gasteiger partial charge in [-0.2, -0.15) is 4.98 Å². The second-order valence-corrected chi connectivity index (χ2v) is 13.6. The minimum absolute atomic E-state index is 0.0280. The fraction of sp³-hybridized carbons (Fsp3) is 0.632. The third-order valence-electron chi connectivity index (χ3n) is 5.74. The summed E-state index contributed by atoms with van der Waals surface area (Å²) in [7, 11) is -1.95. The molecule has 0 saturated carbocycles. The number of rotatable bonds is 6. The van der Waals surface area contributed by atoms with E-state index in [1.54, 1.807) is 4.57 Å². The Morgan fingerprint density at radius 3 is 2.86 bits per heavy atom. The van der Waals surface area contributed by atoms with Crippen molar-refractivity contribution in [3.63, 3.8) is 0 Å². The lowest BCUT2D eigenvalue weighted by Crippen LogP contribution is -2.44. The second-order valence-electron chi connectivity index (χ2n) is 8.77. The first-order valence-electron chi connectivity index (χ1n) is 9.60. The molecule has 1 aliphatic rings. The number of hydrogen-bond donors (Lipinski definition) is 2. The van der Waals surface area contributed by atoms with Gasteiger partial charge < -0.3 is 19.6 Å². The Labute approximate surface area is 171 Å². The van der Waals surface area contributed by atoms with Crippen LogP contribution in [0.3, 0.4) is 0 Å². The van der Waals surface area contributed by atoms with Crippen LogP contribution in [0.5, 0.6) is 0 Å². The van der Waals surface area contributed by atoms with Crippen molar-refractivity contribution >= 4 is 25.4 Å². The smallest absolute Gasteiger partial charge is 0.280 e. The van der Waals surface area contributed by atoms with Crippen molar-refractivity contribution < 1.29 is 13.9 Å². The van der Waals surface area contributed by atoms with Crippen LogP contribution in [0.15, 0.2) is 11.1 Å². The van der Waals surface area contributed by atoms with Gasteiger partial charge >= 0.3 is 0 Å². The lowest BCUT2D eigenvalue weighted by Gasteiger charge is -2.37. The zero-order valence-electron chi connectivity index (χ0n) is 17.6. The highest BCUT2D eigenvalue weighted by atomic mass is 28.4. The molecule has 1 aliphatic heterocycles. The summed E-state index contributed by atoms with van der Waals surface area (Å²) < 4.78 is 20.1. The Morgan fingerprint density at radius 2 is 2.21 bits per heavy atom. The fourth-order valence-corrected chi connectivity index (χ4v) is 4.03. The van der Waals surface area contributed by atoms with Crippen LogP contribution in [-0.4, -0.2) is 53.3 Å². The molecular formula is C19H29N5O4Si. The van der Waals surface area contributed by atoms with E-state index in [0.29, 0.717) is 18.7 Å². The summed E-state index contributed by atoms with van der Waals surface area (Å²) in [5.74, 6) is 2.53. The summed E-state index contributed by atoms with van der Waals surface area (Å²) in [6.45, 7) is 11.6. The van der Waals surface area contributed by atoms with Crippen LogP contribution in [-0.2, 0) is 13.9 Å². The van der Waals surface area contributed by atoms with Crippen LogP contribution in [0.4, 0.5) is 5.95 Å². The predicted molar refractivity (Wildman–Crippen MR) is 113 cm³/mol. The van der Waals surface area contributed by atoms with E-state index in [-0.39, 0.29) is 40.9 Å².